The Kier molecular flexibility index (Phi) is 2.60. The molecule has 1 aromatic carbocycles. The van der Waals surface area contributed by atoms with Crippen LogP contribution >= 0.6 is 0 Å². The molecule has 2 aromatic rings. The van der Waals surface area contributed by atoms with E-state index in [-0.39, 0.29) is 18.4 Å². The maximum absolute atomic E-state index is 12.3. The van der Waals surface area contributed by atoms with Gasteiger partial charge in [0.05, 0.1) is 23.4 Å². The van der Waals surface area contributed by atoms with Gasteiger partial charge in [-0.2, -0.15) is 5.10 Å². The Hall–Kier alpha value is -2.63. The molecule has 1 aliphatic rings. The van der Waals surface area contributed by atoms with Crippen LogP contribution in [-0.2, 0) is 6.54 Å². The fraction of sp³-hybridized carbons (Fsp3) is 0.214. The van der Waals surface area contributed by atoms with Gasteiger partial charge in [-0.25, -0.2) is 0 Å². The van der Waals surface area contributed by atoms with Crippen molar-refractivity contribution in [2.75, 3.05) is 5.73 Å². The van der Waals surface area contributed by atoms with E-state index in [2.05, 4.69) is 10.2 Å². The smallest absolute Gasteiger partial charge is 0.261 e. The zero-order valence-corrected chi connectivity index (χ0v) is 11.2. The number of anilines is 1. The average Bonchev–Trinajstić information content (AvgIpc) is 2.84. The van der Waals surface area contributed by atoms with E-state index >= 15 is 0 Å². The molecule has 6 heteroatoms. The minimum atomic E-state index is -0.308. The molecule has 2 heterocycles. The number of amides is 2. The number of nitrogens with one attached hydrogen (secondary N) is 1. The second-order valence-electron chi connectivity index (χ2n) is 4.91. The summed E-state index contributed by atoms with van der Waals surface area (Å²) in [4.78, 5) is 25.9. The second kappa shape index (κ2) is 4.19. The highest BCUT2D eigenvalue weighted by molar-refractivity contribution is 6.21. The third-order valence-electron chi connectivity index (χ3n) is 3.59. The van der Waals surface area contributed by atoms with Gasteiger partial charge in [-0.05, 0) is 32.0 Å². The Labute approximate surface area is 115 Å². The van der Waals surface area contributed by atoms with Gasteiger partial charge in [0.2, 0.25) is 0 Å². The van der Waals surface area contributed by atoms with Gasteiger partial charge >= 0.3 is 0 Å². The Morgan fingerprint density at radius 2 is 1.90 bits per heavy atom. The van der Waals surface area contributed by atoms with Gasteiger partial charge in [0, 0.05) is 16.9 Å². The summed E-state index contributed by atoms with van der Waals surface area (Å²) in [5.41, 5.74) is 9.44. The molecule has 0 fully saturated rings. The van der Waals surface area contributed by atoms with Crippen LogP contribution in [0, 0.1) is 13.8 Å². The van der Waals surface area contributed by atoms with Gasteiger partial charge in [0.1, 0.15) is 0 Å². The number of nitrogen functional groups attached to an aromatic ring is 1. The molecule has 0 saturated carbocycles. The number of carbonyl (C=O) groups excluding carboxylic acids is 2. The first kappa shape index (κ1) is 12.4. The number of nitrogens with two attached hydrogens (primary N) is 1. The van der Waals surface area contributed by atoms with E-state index in [1.54, 1.807) is 18.2 Å². The lowest BCUT2D eigenvalue weighted by Gasteiger charge is -2.13. The van der Waals surface area contributed by atoms with E-state index in [4.69, 9.17) is 5.73 Å². The van der Waals surface area contributed by atoms with Gasteiger partial charge in [-0.1, -0.05) is 0 Å². The van der Waals surface area contributed by atoms with Gasteiger partial charge in [-0.3, -0.25) is 19.6 Å². The van der Waals surface area contributed by atoms with Crippen molar-refractivity contribution in [2.24, 2.45) is 0 Å². The van der Waals surface area contributed by atoms with Crippen LogP contribution in [0.2, 0.25) is 0 Å². The topological polar surface area (TPSA) is 92.1 Å². The van der Waals surface area contributed by atoms with E-state index in [0.717, 1.165) is 17.0 Å². The summed E-state index contributed by atoms with van der Waals surface area (Å²) in [6, 6.07) is 4.77. The van der Waals surface area contributed by atoms with E-state index in [0.29, 0.717) is 16.8 Å². The van der Waals surface area contributed by atoms with Crippen molar-refractivity contribution in [1.29, 1.82) is 0 Å². The van der Waals surface area contributed by atoms with Crippen LogP contribution in [0.3, 0.4) is 0 Å². The average molecular weight is 270 g/mol. The Morgan fingerprint density at radius 1 is 1.20 bits per heavy atom. The van der Waals surface area contributed by atoms with E-state index < -0.39 is 0 Å². The van der Waals surface area contributed by atoms with Crippen LogP contribution in [-0.4, -0.2) is 26.9 Å². The molecule has 2 amide bonds. The predicted octanol–water partition coefficient (Wildman–Crippen LogP) is 1.40. The first-order valence-electron chi connectivity index (χ1n) is 6.25. The lowest BCUT2D eigenvalue weighted by Crippen LogP contribution is -2.29. The molecule has 0 saturated heterocycles. The SMILES string of the molecule is Cc1n[nH]c(C)c1CN1C(=O)c2ccc(N)cc2C1=O. The molecule has 0 atom stereocenters. The summed E-state index contributed by atoms with van der Waals surface area (Å²) in [7, 11) is 0. The van der Waals surface area contributed by atoms with Crippen LogP contribution in [0.1, 0.15) is 37.7 Å². The zero-order chi connectivity index (χ0) is 14.4. The van der Waals surface area contributed by atoms with Gasteiger partial charge in [-0.15, -0.1) is 0 Å². The van der Waals surface area contributed by atoms with Crippen molar-refractivity contribution in [3.05, 3.63) is 46.3 Å². The zero-order valence-electron chi connectivity index (χ0n) is 11.2. The van der Waals surface area contributed by atoms with E-state index in [1.807, 2.05) is 13.8 Å². The molecule has 1 aromatic heterocycles. The Morgan fingerprint density at radius 3 is 2.55 bits per heavy atom. The summed E-state index contributed by atoms with van der Waals surface area (Å²) in [6.45, 7) is 3.93. The van der Waals surface area contributed by atoms with Crippen molar-refractivity contribution < 1.29 is 9.59 Å². The van der Waals surface area contributed by atoms with Gasteiger partial charge < -0.3 is 5.73 Å². The Balaban J connectivity index is 1.98. The summed E-state index contributed by atoms with van der Waals surface area (Å²) in [6.07, 6.45) is 0. The molecular formula is C14H14N4O2. The monoisotopic (exact) mass is 270 g/mol. The van der Waals surface area contributed by atoms with E-state index in [9.17, 15) is 9.59 Å². The van der Waals surface area contributed by atoms with E-state index in [1.165, 1.54) is 4.90 Å². The number of H-pyrrole nitrogens is 1. The number of aromatic amines is 1. The summed E-state index contributed by atoms with van der Waals surface area (Å²) >= 11 is 0. The first-order chi connectivity index (χ1) is 9.49. The number of carbonyl (C=O) groups is 2. The molecule has 0 spiro atoms. The molecule has 0 radical (unpaired) electrons. The maximum atomic E-state index is 12.3. The number of imide groups is 1. The largest absolute Gasteiger partial charge is 0.399 e. The molecule has 1 aliphatic heterocycles. The van der Waals surface area contributed by atoms with Crippen LogP contribution in [0.25, 0.3) is 0 Å². The lowest BCUT2D eigenvalue weighted by atomic mass is 10.1. The molecule has 6 nitrogen and oxygen atoms in total. The van der Waals surface area contributed by atoms with Crippen molar-refractivity contribution in [1.82, 2.24) is 15.1 Å². The fourth-order valence-electron chi connectivity index (χ4n) is 2.42. The van der Waals surface area contributed by atoms with Crippen LogP contribution in [0.5, 0.6) is 0 Å². The molecule has 102 valence electrons. The van der Waals surface area contributed by atoms with Crippen LogP contribution in [0.15, 0.2) is 18.2 Å². The second-order valence-corrected chi connectivity index (χ2v) is 4.91. The molecule has 0 bridgehead atoms. The number of nitrogens with zero attached hydrogens (tertiary/aromatic N) is 2. The van der Waals surface area contributed by atoms with Crippen LogP contribution < -0.4 is 5.73 Å². The molecule has 3 N–H and O–H groups in total. The number of fused-ring (bicyclic) bond motifs is 1. The highest BCUT2D eigenvalue weighted by Crippen LogP contribution is 2.27. The van der Waals surface area contributed by atoms with Crippen molar-refractivity contribution in [3.63, 3.8) is 0 Å². The number of hydrogen-bond acceptors (Lipinski definition) is 4. The highest BCUT2D eigenvalue weighted by Gasteiger charge is 2.36. The quantitative estimate of drug-likeness (QED) is 0.637. The molecule has 3 rings (SSSR count). The van der Waals surface area contributed by atoms with Crippen molar-refractivity contribution in [3.8, 4) is 0 Å². The third-order valence-corrected chi connectivity index (χ3v) is 3.59. The number of benzene rings is 1. The minimum Gasteiger partial charge on any atom is -0.399 e. The van der Waals surface area contributed by atoms with Gasteiger partial charge in [0.15, 0.2) is 0 Å². The molecule has 20 heavy (non-hydrogen) atoms. The fourth-order valence-corrected chi connectivity index (χ4v) is 2.42. The third kappa shape index (κ3) is 1.69. The minimum absolute atomic E-state index is 0.223. The predicted molar refractivity (Wildman–Crippen MR) is 73.1 cm³/mol. The Bertz CT molecular complexity index is 713. The summed E-state index contributed by atoms with van der Waals surface area (Å²) in [5.74, 6) is -0.595. The molecular weight excluding hydrogens is 256 g/mol. The van der Waals surface area contributed by atoms with Crippen LogP contribution in [0.4, 0.5) is 5.69 Å². The van der Waals surface area contributed by atoms with Crippen molar-refractivity contribution in [2.45, 2.75) is 20.4 Å². The number of hydrogen-bond donors (Lipinski definition) is 2. The number of aryl methyl sites for hydroxylation is 2. The first-order valence-corrected chi connectivity index (χ1v) is 6.25. The number of aromatic nitrogens is 2. The molecule has 0 aliphatic carbocycles. The summed E-state index contributed by atoms with van der Waals surface area (Å²) < 4.78 is 0. The maximum Gasteiger partial charge on any atom is 0.261 e. The molecule has 0 unspecified atom stereocenters. The van der Waals surface area contributed by atoms with Crippen molar-refractivity contribution >= 4 is 17.5 Å². The standard InChI is InChI=1S/C14H14N4O2/c1-7-12(8(2)17-16-7)6-18-13(19)10-4-3-9(15)5-11(10)14(18)20/h3-5H,6,15H2,1-2H3,(H,16,17). The summed E-state index contributed by atoms with van der Waals surface area (Å²) in [5, 5.41) is 6.93. The normalized spacial score (nSPS) is 14.0. The lowest BCUT2D eigenvalue weighted by molar-refractivity contribution is 0.0642. The van der Waals surface area contributed by atoms with Gasteiger partial charge in [0.25, 0.3) is 11.8 Å². The number of rotatable bonds is 2. The highest BCUT2D eigenvalue weighted by atomic mass is 16.2.